The number of nitrogens with one attached hydrogen (secondary N) is 2. The van der Waals surface area contributed by atoms with Gasteiger partial charge < -0.3 is 19.8 Å². The maximum absolute atomic E-state index is 13.8. The Labute approximate surface area is 249 Å². The third-order valence-electron chi connectivity index (χ3n) is 6.33. The van der Waals surface area contributed by atoms with Gasteiger partial charge in [0.2, 0.25) is 11.8 Å². The molecule has 0 radical (unpaired) electrons. The summed E-state index contributed by atoms with van der Waals surface area (Å²) >= 11 is 1.13. The van der Waals surface area contributed by atoms with Crippen molar-refractivity contribution < 1.29 is 32.3 Å². The third-order valence-corrected chi connectivity index (χ3v) is 7.56. The van der Waals surface area contributed by atoms with Gasteiger partial charge >= 0.3 is 6.09 Å². The summed E-state index contributed by atoms with van der Waals surface area (Å²) < 4.78 is 38.1. The number of rotatable bonds is 9. The highest BCUT2D eigenvalue weighted by Gasteiger charge is 2.39. The zero-order chi connectivity index (χ0) is 30.3. The van der Waals surface area contributed by atoms with Gasteiger partial charge in [0.1, 0.15) is 35.3 Å². The van der Waals surface area contributed by atoms with E-state index >= 15 is 0 Å². The molecule has 3 aromatic carbocycles. The molecule has 2 heterocycles. The highest BCUT2D eigenvalue weighted by molar-refractivity contribution is 8.15. The summed E-state index contributed by atoms with van der Waals surface area (Å²) in [6.45, 7) is 1.68. The van der Waals surface area contributed by atoms with E-state index in [4.69, 9.17) is 9.15 Å². The van der Waals surface area contributed by atoms with Crippen molar-refractivity contribution in [3.8, 4) is 0 Å². The van der Waals surface area contributed by atoms with Crippen molar-refractivity contribution in [2.24, 2.45) is 4.99 Å². The van der Waals surface area contributed by atoms with Gasteiger partial charge in [-0.05, 0) is 54.4 Å². The van der Waals surface area contributed by atoms with E-state index in [9.17, 15) is 23.2 Å². The molecular weight excluding hydrogens is 578 g/mol. The summed E-state index contributed by atoms with van der Waals surface area (Å²) in [7, 11) is 0. The Hall–Kier alpha value is -4.97. The maximum Gasteiger partial charge on any atom is 0.408 e. The fraction of sp³-hybridized carbons (Fsp3) is 0.161. The smallest absolute Gasteiger partial charge is 0.408 e. The summed E-state index contributed by atoms with van der Waals surface area (Å²) in [6.07, 6.45) is 0.757. The van der Waals surface area contributed by atoms with Gasteiger partial charge in [-0.1, -0.05) is 54.2 Å². The van der Waals surface area contributed by atoms with Crippen molar-refractivity contribution >= 4 is 46.2 Å². The van der Waals surface area contributed by atoms with Crippen LogP contribution in [0.1, 0.15) is 29.1 Å². The maximum atomic E-state index is 13.8. The van der Waals surface area contributed by atoms with Gasteiger partial charge in [0.25, 0.3) is 0 Å². The number of ether oxygens (including phenoxy) is 1. The number of carbonyl (C=O) groups is 3. The quantitative estimate of drug-likeness (QED) is 0.231. The van der Waals surface area contributed by atoms with E-state index in [0.717, 1.165) is 35.5 Å². The lowest BCUT2D eigenvalue weighted by Crippen LogP contribution is -2.41. The SMILES string of the molecule is C[C@H](NC(=O)OCc1ccccc1)C(=O)Nc1ccc(C2SC(=Nc3cc(F)cc(F)c3)N(Cc3ccco3)C2=O)cc1. The number of hydrogen-bond donors (Lipinski definition) is 2. The number of nitrogens with zero attached hydrogens (tertiary/aromatic N) is 2. The number of hydrogen-bond acceptors (Lipinski definition) is 7. The van der Waals surface area contributed by atoms with Crippen molar-refractivity contribution in [3.63, 3.8) is 0 Å². The monoisotopic (exact) mass is 604 g/mol. The summed E-state index contributed by atoms with van der Waals surface area (Å²) in [5.41, 5.74) is 1.93. The van der Waals surface area contributed by atoms with Crippen molar-refractivity contribution in [2.45, 2.75) is 31.4 Å². The summed E-state index contributed by atoms with van der Waals surface area (Å²) in [5.74, 6) is -1.81. The molecule has 12 heteroatoms. The van der Waals surface area contributed by atoms with E-state index < -0.39 is 34.9 Å². The Bertz CT molecular complexity index is 1610. The van der Waals surface area contributed by atoms with Crippen LogP contribution in [0.25, 0.3) is 0 Å². The molecule has 2 atom stereocenters. The normalized spacial score (nSPS) is 16.3. The molecule has 2 N–H and O–H groups in total. The first-order valence-electron chi connectivity index (χ1n) is 13.2. The molecule has 1 aliphatic heterocycles. The van der Waals surface area contributed by atoms with E-state index in [2.05, 4.69) is 15.6 Å². The van der Waals surface area contributed by atoms with Crippen LogP contribution in [0.2, 0.25) is 0 Å². The highest BCUT2D eigenvalue weighted by Crippen LogP contribution is 2.41. The average molecular weight is 605 g/mol. The molecule has 0 bridgehead atoms. The van der Waals surface area contributed by atoms with E-state index in [1.807, 2.05) is 30.3 Å². The third kappa shape index (κ3) is 7.66. The molecule has 9 nitrogen and oxygen atoms in total. The number of halogens is 2. The van der Waals surface area contributed by atoms with Gasteiger partial charge in [-0.2, -0.15) is 0 Å². The molecule has 0 spiro atoms. The summed E-state index contributed by atoms with van der Waals surface area (Å²) in [5, 5.41) is 4.77. The van der Waals surface area contributed by atoms with E-state index in [0.29, 0.717) is 17.0 Å². The number of amides is 3. The van der Waals surface area contributed by atoms with Crippen LogP contribution in [0.3, 0.4) is 0 Å². The zero-order valence-electron chi connectivity index (χ0n) is 22.8. The van der Waals surface area contributed by atoms with Gasteiger partial charge in [0.15, 0.2) is 5.17 Å². The van der Waals surface area contributed by atoms with Crippen molar-refractivity contribution in [2.75, 3.05) is 5.32 Å². The highest BCUT2D eigenvalue weighted by atomic mass is 32.2. The molecule has 1 aliphatic rings. The predicted octanol–water partition coefficient (Wildman–Crippen LogP) is 6.32. The number of aliphatic imine (C=N–C) groups is 1. The number of furan rings is 1. The first-order chi connectivity index (χ1) is 20.7. The van der Waals surface area contributed by atoms with Gasteiger partial charge in [0.05, 0.1) is 18.5 Å². The van der Waals surface area contributed by atoms with Crippen LogP contribution in [-0.4, -0.2) is 34.0 Å². The minimum Gasteiger partial charge on any atom is -0.467 e. The summed E-state index contributed by atoms with van der Waals surface area (Å²) in [4.78, 5) is 44.0. The van der Waals surface area contributed by atoms with Crippen LogP contribution in [0.15, 0.2) is 101 Å². The van der Waals surface area contributed by atoms with Gasteiger partial charge in [-0.15, -0.1) is 0 Å². The molecule has 1 aromatic heterocycles. The molecule has 5 rings (SSSR count). The van der Waals surface area contributed by atoms with E-state index in [1.165, 1.54) is 18.1 Å². The molecular formula is C31H26F2N4O5S. The first-order valence-corrected chi connectivity index (χ1v) is 14.1. The van der Waals surface area contributed by atoms with Crippen molar-refractivity contribution in [3.05, 3.63) is 120 Å². The summed E-state index contributed by atoms with van der Waals surface area (Å²) in [6, 6.07) is 21.2. The Morgan fingerprint density at radius 2 is 1.74 bits per heavy atom. The van der Waals surface area contributed by atoms with Crippen LogP contribution in [0.5, 0.6) is 0 Å². The van der Waals surface area contributed by atoms with Crippen molar-refractivity contribution in [1.82, 2.24) is 10.2 Å². The van der Waals surface area contributed by atoms with Crippen LogP contribution in [0.4, 0.5) is 25.0 Å². The lowest BCUT2D eigenvalue weighted by molar-refractivity contribution is -0.126. The number of alkyl carbamates (subject to hydrolysis) is 1. The number of carbonyl (C=O) groups excluding carboxylic acids is 3. The average Bonchev–Trinajstić information content (AvgIpc) is 3.61. The minimum absolute atomic E-state index is 0.0302. The Kier molecular flexibility index (Phi) is 9.16. The molecule has 1 unspecified atom stereocenters. The standard InChI is InChI=1S/C31H26F2N4O5S/c1-19(34-31(40)42-18-20-6-3-2-4-7-20)28(38)35-24-11-9-21(10-12-24)27-29(39)37(17-26-8-5-13-41-26)30(43-27)36-25-15-22(32)14-23(33)16-25/h2-16,19,27H,17-18H2,1H3,(H,34,40)(H,35,38)/t19-,27?/m0/s1. The second kappa shape index (κ2) is 13.3. The molecule has 0 aliphatic carbocycles. The molecule has 0 saturated carbocycles. The largest absolute Gasteiger partial charge is 0.467 e. The van der Waals surface area contributed by atoms with E-state index in [-0.39, 0.29) is 29.9 Å². The fourth-order valence-corrected chi connectivity index (χ4v) is 5.34. The zero-order valence-corrected chi connectivity index (χ0v) is 23.6. The molecule has 43 heavy (non-hydrogen) atoms. The first kappa shape index (κ1) is 29.5. The molecule has 1 fully saturated rings. The number of thioether (sulfide) groups is 1. The van der Waals surface area contributed by atoms with Crippen molar-refractivity contribution in [1.29, 1.82) is 0 Å². The number of anilines is 1. The molecule has 3 amide bonds. The van der Waals surface area contributed by atoms with Crippen LogP contribution < -0.4 is 10.6 Å². The molecule has 4 aromatic rings. The Balaban J connectivity index is 1.24. The second-order valence-corrected chi connectivity index (χ2v) is 10.6. The van der Waals surface area contributed by atoms with Crippen LogP contribution >= 0.6 is 11.8 Å². The fourth-order valence-electron chi connectivity index (χ4n) is 4.17. The van der Waals surface area contributed by atoms with Crippen LogP contribution in [0, 0.1) is 11.6 Å². The van der Waals surface area contributed by atoms with Gasteiger partial charge in [0, 0.05) is 11.8 Å². The lowest BCUT2D eigenvalue weighted by Gasteiger charge is -2.16. The number of amidine groups is 1. The Morgan fingerprint density at radius 3 is 2.42 bits per heavy atom. The molecule has 1 saturated heterocycles. The van der Waals surface area contributed by atoms with Gasteiger partial charge in [-0.25, -0.2) is 18.6 Å². The topological polar surface area (TPSA) is 113 Å². The Morgan fingerprint density at radius 1 is 1.02 bits per heavy atom. The van der Waals surface area contributed by atoms with Gasteiger partial charge in [-0.3, -0.25) is 14.5 Å². The number of benzene rings is 3. The minimum atomic E-state index is -0.878. The predicted molar refractivity (Wildman–Crippen MR) is 157 cm³/mol. The molecule has 220 valence electrons. The van der Waals surface area contributed by atoms with E-state index in [1.54, 1.807) is 36.4 Å². The second-order valence-electron chi connectivity index (χ2n) is 9.56. The van der Waals surface area contributed by atoms with Crippen LogP contribution in [-0.2, 0) is 27.5 Å². The lowest BCUT2D eigenvalue weighted by atomic mass is 10.1.